The summed E-state index contributed by atoms with van der Waals surface area (Å²) in [6, 6.07) is 15.4. The van der Waals surface area contributed by atoms with Gasteiger partial charge < -0.3 is 5.11 Å². The van der Waals surface area contributed by atoms with Crippen LogP contribution >= 0.6 is 22.6 Å². The number of rotatable bonds is 1. The van der Waals surface area contributed by atoms with E-state index in [0.29, 0.717) is 5.56 Å². The Morgan fingerprint density at radius 3 is 2.39 bits per heavy atom. The molecule has 0 aliphatic carbocycles. The van der Waals surface area contributed by atoms with Crippen molar-refractivity contribution in [2.24, 2.45) is 0 Å². The molecule has 0 bridgehead atoms. The van der Waals surface area contributed by atoms with Gasteiger partial charge in [0.05, 0.1) is 5.56 Å². The van der Waals surface area contributed by atoms with Gasteiger partial charge in [0.25, 0.3) is 0 Å². The number of hydrogen-bond acceptors (Lipinski definition) is 1. The van der Waals surface area contributed by atoms with Crippen molar-refractivity contribution < 1.29 is 9.90 Å². The van der Waals surface area contributed by atoms with Crippen molar-refractivity contribution in [2.75, 3.05) is 0 Å². The van der Waals surface area contributed by atoms with Crippen LogP contribution in [0.4, 0.5) is 0 Å². The summed E-state index contributed by atoms with van der Waals surface area (Å²) < 4.78 is 1.18. The Morgan fingerprint density at radius 2 is 1.67 bits per heavy atom. The first-order valence-corrected chi connectivity index (χ1v) is 6.59. The molecule has 0 heterocycles. The number of fused-ring (bicyclic) bond motifs is 3. The van der Waals surface area contributed by atoms with Gasteiger partial charge in [-0.25, -0.2) is 4.79 Å². The average molecular weight is 348 g/mol. The molecule has 18 heavy (non-hydrogen) atoms. The van der Waals surface area contributed by atoms with Crippen molar-refractivity contribution >= 4 is 50.1 Å². The van der Waals surface area contributed by atoms with Gasteiger partial charge in [0, 0.05) is 3.57 Å². The second-order valence-corrected chi connectivity index (χ2v) is 5.31. The van der Waals surface area contributed by atoms with Gasteiger partial charge in [0.2, 0.25) is 0 Å². The molecule has 3 aromatic carbocycles. The third kappa shape index (κ3) is 1.75. The van der Waals surface area contributed by atoms with Gasteiger partial charge in [-0.15, -0.1) is 0 Å². The van der Waals surface area contributed by atoms with E-state index in [-0.39, 0.29) is 0 Å². The third-order valence-corrected chi connectivity index (χ3v) is 3.95. The normalized spacial score (nSPS) is 10.9. The monoisotopic (exact) mass is 348 g/mol. The smallest absolute Gasteiger partial charge is 0.335 e. The molecule has 0 atom stereocenters. The maximum absolute atomic E-state index is 11.0. The predicted molar refractivity (Wildman–Crippen MR) is 81.1 cm³/mol. The summed E-state index contributed by atoms with van der Waals surface area (Å²) in [5.41, 5.74) is 0.328. The fraction of sp³-hybridized carbons (Fsp3) is 0. The molecule has 3 aromatic rings. The Labute approximate surface area is 117 Å². The van der Waals surface area contributed by atoms with E-state index in [1.54, 1.807) is 12.1 Å². The third-order valence-electron chi connectivity index (χ3n) is 3.06. The van der Waals surface area contributed by atoms with E-state index in [9.17, 15) is 4.79 Å². The molecule has 0 saturated heterocycles. The molecule has 0 amide bonds. The minimum absolute atomic E-state index is 0.328. The van der Waals surface area contributed by atoms with Crippen LogP contribution in [0.5, 0.6) is 0 Å². The topological polar surface area (TPSA) is 37.3 Å². The molecule has 1 N–H and O–H groups in total. The summed E-state index contributed by atoms with van der Waals surface area (Å²) in [5.74, 6) is -0.889. The van der Waals surface area contributed by atoms with Crippen LogP contribution in [-0.4, -0.2) is 11.1 Å². The molecular weight excluding hydrogens is 339 g/mol. The maximum Gasteiger partial charge on any atom is 0.335 e. The van der Waals surface area contributed by atoms with Crippen molar-refractivity contribution in [2.45, 2.75) is 0 Å². The minimum atomic E-state index is -0.889. The van der Waals surface area contributed by atoms with Crippen LogP contribution in [-0.2, 0) is 0 Å². The molecule has 0 radical (unpaired) electrons. The lowest BCUT2D eigenvalue weighted by molar-refractivity contribution is 0.0697. The van der Waals surface area contributed by atoms with Crippen LogP contribution < -0.4 is 0 Å². The van der Waals surface area contributed by atoms with Crippen LogP contribution in [0, 0.1) is 3.57 Å². The van der Waals surface area contributed by atoms with E-state index >= 15 is 0 Å². The number of halogens is 1. The highest BCUT2D eigenvalue weighted by Gasteiger charge is 2.08. The summed E-state index contributed by atoms with van der Waals surface area (Å²) in [5, 5.41) is 13.4. The largest absolute Gasteiger partial charge is 0.478 e. The Bertz CT molecular complexity index is 778. The van der Waals surface area contributed by atoms with Crippen LogP contribution in [0.25, 0.3) is 21.5 Å². The van der Waals surface area contributed by atoms with Crippen molar-refractivity contribution in [1.29, 1.82) is 0 Å². The number of benzene rings is 3. The molecule has 0 unspecified atom stereocenters. The highest BCUT2D eigenvalue weighted by molar-refractivity contribution is 14.1. The SMILES string of the molecule is O=C(O)c1ccc2cc(I)c3ccccc3c2c1. The van der Waals surface area contributed by atoms with Crippen LogP contribution in [0.1, 0.15) is 10.4 Å². The first-order chi connectivity index (χ1) is 8.66. The number of carboxylic acids is 1. The molecule has 88 valence electrons. The van der Waals surface area contributed by atoms with Gasteiger partial charge in [-0.1, -0.05) is 30.3 Å². The van der Waals surface area contributed by atoms with Gasteiger partial charge in [-0.3, -0.25) is 0 Å². The van der Waals surface area contributed by atoms with Gasteiger partial charge in [0.15, 0.2) is 0 Å². The van der Waals surface area contributed by atoms with E-state index in [2.05, 4.69) is 34.7 Å². The molecule has 3 heteroatoms. The lowest BCUT2D eigenvalue weighted by Gasteiger charge is -2.07. The average Bonchev–Trinajstić information content (AvgIpc) is 2.38. The van der Waals surface area contributed by atoms with Crippen LogP contribution in [0.2, 0.25) is 0 Å². The van der Waals surface area contributed by atoms with Gasteiger partial charge in [-0.2, -0.15) is 0 Å². The molecule has 3 rings (SSSR count). The number of aromatic carboxylic acids is 1. The van der Waals surface area contributed by atoms with Crippen LogP contribution in [0.15, 0.2) is 48.5 Å². The molecule has 0 aliphatic heterocycles. The lowest BCUT2D eigenvalue weighted by atomic mass is 10.00. The quantitative estimate of drug-likeness (QED) is 0.526. The number of hydrogen-bond donors (Lipinski definition) is 1. The zero-order chi connectivity index (χ0) is 12.7. The standard InChI is InChI=1S/C15H9IO2/c16-14-8-9-5-6-10(15(17)18)7-13(9)11-3-1-2-4-12(11)14/h1-8H,(H,17,18). The van der Waals surface area contributed by atoms with E-state index in [0.717, 1.165) is 21.5 Å². The fourth-order valence-corrected chi connectivity index (χ4v) is 2.99. The highest BCUT2D eigenvalue weighted by Crippen LogP contribution is 2.30. The molecule has 2 nitrogen and oxygen atoms in total. The zero-order valence-corrected chi connectivity index (χ0v) is 11.5. The molecule has 0 fully saturated rings. The number of carbonyl (C=O) groups is 1. The van der Waals surface area contributed by atoms with Gasteiger partial charge in [0.1, 0.15) is 0 Å². The van der Waals surface area contributed by atoms with Crippen molar-refractivity contribution in [3.63, 3.8) is 0 Å². The fourth-order valence-electron chi connectivity index (χ4n) is 2.19. The van der Waals surface area contributed by atoms with Gasteiger partial charge >= 0.3 is 5.97 Å². The van der Waals surface area contributed by atoms with Crippen LogP contribution in [0.3, 0.4) is 0 Å². The highest BCUT2D eigenvalue weighted by atomic mass is 127. The van der Waals surface area contributed by atoms with E-state index in [1.165, 1.54) is 3.57 Å². The maximum atomic E-state index is 11.0. The summed E-state index contributed by atoms with van der Waals surface area (Å²) in [6.07, 6.45) is 0. The first-order valence-electron chi connectivity index (χ1n) is 5.51. The minimum Gasteiger partial charge on any atom is -0.478 e. The Morgan fingerprint density at radius 1 is 0.944 bits per heavy atom. The summed E-state index contributed by atoms with van der Waals surface area (Å²) in [6.45, 7) is 0. The molecule has 0 aliphatic rings. The summed E-state index contributed by atoms with van der Waals surface area (Å²) >= 11 is 2.31. The zero-order valence-electron chi connectivity index (χ0n) is 9.35. The Kier molecular flexibility index (Phi) is 2.70. The van der Waals surface area contributed by atoms with E-state index < -0.39 is 5.97 Å². The summed E-state index contributed by atoms with van der Waals surface area (Å²) in [4.78, 5) is 11.0. The molecule has 0 saturated carbocycles. The van der Waals surface area contributed by atoms with Gasteiger partial charge in [-0.05, 0) is 62.3 Å². The first kappa shape index (κ1) is 11.5. The van der Waals surface area contributed by atoms with E-state index in [1.807, 2.05) is 24.3 Å². The van der Waals surface area contributed by atoms with Crippen molar-refractivity contribution in [1.82, 2.24) is 0 Å². The lowest BCUT2D eigenvalue weighted by Crippen LogP contribution is -1.95. The second-order valence-electron chi connectivity index (χ2n) is 4.15. The Hall–Kier alpha value is -1.62. The molecule has 0 aromatic heterocycles. The Balaban J connectivity index is 2.50. The summed E-state index contributed by atoms with van der Waals surface area (Å²) in [7, 11) is 0. The predicted octanol–water partition coefficient (Wildman–Crippen LogP) is 4.30. The number of carboxylic acid groups (broad SMARTS) is 1. The van der Waals surface area contributed by atoms with Crippen molar-refractivity contribution in [3.05, 3.63) is 57.7 Å². The van der Waals surface area contributed by atoms with E-state index in [4.69, 9.17) is 5.11 Å². The second kappa shape index (κ2) is 4.24. The molecular formula is C15H9IO2. The van der Waals surface area contributed by atoms with Crippen molar-refractivity contribution in [3.8, 4) is 0 Å². The molecule has 0 spiro atoms.